The molecule has 0 radical (unpaired) electrons. The van der Waals surface area contributed by atoms with Crippen molar-refractivity contribution < 1.29 is 17.6 Å². The number of hydrogen-bond acceptors (Lipinski definition) is 5. The van der Waals surface area contributed by atoms with Crippen molar-refractivity contribution in [2.75, 3.05) is 11.4 Å². The van der Waals surface area contributed by atoms with Crippen LogP contribution < -0.4 is 10.6 Å². The molecule has 0 bridgehead atoms. The number of nitrogens with zero attached hydrogens (tertiary/aromatic N) is 3. The van der Waals surface area contributed by atoms with Crippen LogP contribution in [0.5, 0.6) is 0 Å². The van der Waals surface area contributed by atoms with Gasteiger partial charge in [-0.15, -0.1) is 5.10 Å². The second-order valence-corrected chi connectivity index (χ2v) is 4.87. The molecule has 0 saturated carbocycles. The summed E-state index contributed by atoms with van der Waals surface area (Å²) in [4.78, 5) is 1.50. The molecule has 5 nitrogen and oxygen atoms in total. The Bertz CT molecular complexity index is 429. The largest absolute Gasteiger partial charge is 0.407 e. The van der Waals surface area contributed by atoms with Crippen molar-refractivity contribution >= 4 is 6.01 Å². The molecule has 1 unspecified atom stereocenters. The topological polar surface area (TPSA) is 68.2 Å². The Balaban J connectivity index is 2.26. The van der Waals surface area contributed by atoms with Gasteiger partial charge in [-0.3, -0.25) is 0 Å². The van der Waals surface area contributed by atoms with Gasteiger partial charge in [-0.05, 0) is 20.3 Å². The van der Waals surface area contributed by atoms with Crippen LogP contribution in [0.4, 0.5) is 19.2 Å². The summed E-state index contributed by atoms with van der Waals surface area (Å²) in [7, 11) is 0. The van der Waals surface area contributed by atoms with Gasteiger partial charge in [0.1, 0.15) is 0 Å². The smallest absolute Gasteiger partial charge is 0.394 e. The molecule has 2 rings (SSSR count). The van der Waals surface area contributed by atoms with E-state index < -0.39 is 17.6 Å². The lowest BCUT2D eigenvalue weighted by molar-refractivity contribution is -0.183. The fourth-order valence-electron chi connectivity index (χ4n) is 2.43. The van der Waals surface area contributed by atoms with E-state index in [2.05, 4.69) is 10.2 Å². The molecule has 0 aliphatic carbocycles. The molecule has 2 heterocycles. The van der Waals surface area contributed by atoms with Crippen molar-refractivity contribution in [1.82, 2.24) is 10.2 Å². The summed E-state index contributed by atoms with van der Waals surface area (Å²) in [5, 5.41) is 7.41. The molecule has 1 aromatic heterocycles. The lowest BCUT2D eigenvalue weighted by Gasteiger charge is -2.35. The van der Waals surface area contributed by atoms with Gasteiger partial charge in [0, 0.05) is 6.54 Å². The molecule has 1 aliphatic rings. The van der Waals surface area contributed by atoms with Gasteiger partial charge in [-0.1, -0.05) is 5.10 Å². The molecule has 1 atom stereocenters. The van der Waals surface area contributed by atoms with Gasteiger partial charge in [-0.25, -0.2) is 0 Å². The first-order valence-corrected chi connectivity index (χ1v) is 5.63. The van der Waals surface area contributed by atoms with Crippen LogP contribution in [0.3, 0.4) is 0 Å². The first-order valence-electron chi connectivity index (χ1n) is 5.63. The zero-order valence-corrected chi connectivity index (χ0v) is 10.2. The third kappa shape index (κ3) is 2.05. The molecule has 18 heavy (non-hydrogen) atoms. The van der Waals surface area contributed by atoms with Crippen LogP contribution in [0.2, 0.25) is 0 Å². The second kappa shape index (κ2) is 4.11. The lowest BCUT2D eigenvalue weighted by atomic mass is 9.88. The maximum absolute atomic E-state index is 12.9. The van der Waals surface area contributed by atoms with Gasteiger partial charge in [0.25, 0.3) is 0 Å². The Morgan fingerprint density at radius 1 is 1.44 bits per heavy atom. The summed E-state index contributed by atoms with van der Waals surface area (Å²) in [6.45, 7) is 3.38. The van der Waals surface area contributed by atoms with E-state index in [1.807, 2.05) is 0 Å². The van der Waals surface area contributed by atoms with Gasteiger partial charge in [0.15, 0.2) is 0 Å². The van der Waals surface area contributed by atoms with E-state index in [1.54, 1.807) is 0 Å². The minimum Gasteiger partial charge on any atom is -0.407 e. The van der Waals surface area contributed by atoms with Crippen molar-refractivity contribution in [2.24, 2.45) is 11.7 Å². The molecule has 2 N–H and O–H groups in total. The zero-order chi connectivity index (χ0) is 13.6. The predicted molar refractivity (Wildman–Crippen MR) is 57.8 cm³/mol. The highest BCUT2D eigenvalue weighted by atomic mass is 19.4. The van der Waals surface area contributed by atoms with E-state index in [-0.39, 0.29) is 31.4 Å². The Kier molecular flexibility index (Phi) is 3.00. The third-order valence-corrected chi connectivity index (χ3v) is 3.45. The van der Waals surface area contributed by atoms with Crippen molar-refractivity contribution in [3.8, 4) is 0 Å². The quantitative estimate of drug-likeness (QED) is 0.880. The second-order valence-electron chi connectivity index (χ2n) is 4.87. The van der Waals surface area contributed by atoms with E-state index in [9.17, 15) is 13.2 Å². The molecule has 1 fully saturated rings. The van der Waals surface area contributed by atoms with E-state index >= 15 is 0 Å². The number of anilines is 1. The standard InChI is InChI=1S/C10H15F3N4O/c1-9(2)6(10(11,12)13)3-4-17(9)8-16-15-7(5-14)18-8/h6H,3-5,14H2,1-2H3. The van der Waals surface area contributed by atoms with Crippen LogP contribution in [0.1, 0.15) is 26.2 Å². The Morgan fingerprint density at radius 3 is 2.56 bits per heavy atom. The number of hydrogen-bond donors (Lipinski definition) is 1. The summed E-state index contributed by atoms with van der Waals surface area (Å²) < 4.78 is 43.9. The van der Waals surface area contributed by atoms with Crippen molar-refractivity contribution in [3.63, 3.8) is 0 Å². The minimum atomic E-state index is -4.23. The summed E-state index contributed by atoms with van der Waals surface area (Å²) in [6, 6.07) is 0.104. The molecule has 0 spiro atoms. The average Bonchev–Trinajstić information content (AvgIpc) is 2.79. The van der Waals surface area contributed by atoms with Crippen LogP contribution in [-0.2, 0) is 6.54 Å². The fraction of sp³-hybridized carbons (Fsp3) is 0.800. The molecule has 8 heteroatoms. The van der Waals surface area contributed by atoms with E-state index in [0.29, 0.717) is 0 Å². The highest BCUT2D eigenvalue weighted by molar-refractivity contribution is 5.34. The fourth-order valence-corrected chi connectivity index (χ4v) is 2.43. The van der Waals surface area contributed by atoms with Crippen molar-refractivity contribution in [3.05, 3.63) is 5.89 Å². The molecular weight excluding hydrogens is 249 g/mol. The van der Waals surface area contributed by atoms with Crippen LogP contribution in [0.25, 0.3) is 0 Å². The number of aromatic nitrogens is 2. The summed E-state index contributed by atoms with van der Waals surface area (Å²) >= 11 is 0. The molecule has 1 aliphatic heterocycles. The van der Waals surface area contributed by atoms with Gasteiger partial charge in [0.2, 0.25) is 5.89 Å². The normalized spacial score (nSPS) is 23.7. The molecule has 102 valence electrons. The molecular formula is C10H15F3N4O. The highest BCUT2D eigenvalue weighted by Gasteiger charge is 2.56. The Labute approximate surface area is 102 Å². The first-order chi connectivity index (χ1) is 8.26. The van der Waals surface area contributed by atoms with Gasteiger partial charge < -0.3 is 15.1 Å². The van der Waals surface area contributed by atoms with Crippen molar-refractivity contribution in [1.29, 1.82) is 0 Å². The number of alkyl halides is 3. The predicted octanol–water partition coefficient (Wildman–Crippen LogP) is 1.70. The summed E-state index contributed by atoms with van der Waals surface area (Å²) in [5.74, 6) is -1.19. The molecule has 1 saturated heterocycles. The van der Waals surface area contributed by atoms with Crippen LogP contribution in [-0.4, -0.2) is 28.5 Å². The van der Waals surface area contributed by atoms with E-state index in [0.717, 1.165) is 0 Å². The monoisotopic (exact) mass is 264 g/mol. The molecule has 0 amide bonds. The molecule has 1 aromatic rings. The van der Waals surface area contributed by atoms with Crippen molar-refractivity contribution in [2.45, 2.75) is 38.5 Å². The lowest BCUT2D eigenvalue weighted by Crippen LogP contribution is -2.47. The van der Waals surface area contributed by atoms with Crippen LogP contribution in [0, 0.1) is 5.92 Å². The number of nitrogens with two attached hydrogens (primary N) is 1. The highest BCUT2D eigenvalue weighted by Crippen LogP contribution is 2.46. The Morgan fingerprint density at radius 2 is 2.11 bits per heavy atom. The van der Waals surface area contributed by atoms with Gasteiger partial charge >= 0.3 is 12.2 Å². The zero-order valence-electron chi connectivity index (χ0n) is 10.2. The Hall–Kier alpha value is -1.31. The first kappa shape index (κ1) is 13.1. The maximum Gasteiger partial charge on any atom is 0.394 e. The SMILES string of the molecule is CC1(C)C(C(F)(F)F)CCN1c1nnc(CN)o1. The van der Waals surface area contributed by atoms with Crippen LogP contribution in [0.15, 0.2) is 4.42 Å². The third-order valence-electron chi connectivity index (χ3n) is 3.45. The summed E-state index contributed by atoms with van der Waals surface area (Å²) in [5.41, 5.74) is 4.23. The molecule has 0 aromatic carbocycles. The van der Waals surface area contributed by atoms with E-state index in [1.165, 1.54) is 18.7 Å². The maximum atomic E-state index is 12.9. The minimum absolute atomic E-state index is 0.0246. The average molecular weight is 264 g/mol. The van der Waals surface area contributed by atoms with Gasteiger partial charge in [0.05, 0.1) is 18.0 Å². The van der Waals surface area contributed by atoms with E-state index in [4.69, 9.17) is 10.2 Å². The van der Waals surface area contributed by atoms with Gasteiger partial charge in [-0.2, -0.15) is 13.2 Å². The number of rotatable bonds is 2. The number of halogens is 3. The summed E-state index contributed by atoms with van der Waals surface area (Å²) in [6.07, 6.45) is -4.20. The van der Waals surface area contributed by atoms with Crippen LogP contribution >= 0.6 is 0 Å².